The summed E-state index contributed by atoms with van der Waals surface area (Å²) in [6.45, 7) is 2.36. The van der Waals surface area contributed by atoms with Gasteiger partial charge in [-0.25, -0.2) is 4.39 Å². The second kappa shape index (κ2) is 8.29. The summed E-state index contributed by atoms with van der Waals surface area (Å²) in [7, 11) is 1.64. The number of anilines is 2. The molecule has 0 saturated heterocycles. The van der Waals surface area contributed by atoms with Crippen LogP contribution in [0, 0.1) is 12.7 Å². The quantitative estimate of drug-likeness (QED) is 0.576. The van der Waals surface area contributed by atoms with Crippen molar-refractivity contribution in [1.82, 2.24) is 0 Å². The SMILES string of the molecule is COc1ccc(N(Cc2cccs2)C(=S)Nc2ccc(C)c(F)c2)cc1. The van der Waals surface area contributed by atoms with Crippen molar-refractivity contribution in [3.63, 3.8) is 0 Å². The summed E-state index contributed by atoms with van der Waals surface area (Å²) in [5.74, 6) is 0.524. The number of thiophene rings is 1. The monoisotopic (exact) mass is 386 g/mol. The van der Waals surface area contributed by atoms with Crippen molar-refractivity contribution >= 4 is 40.0 Å². The Morgan fingerprint density at radius 1 is 1.19 bits per heavy atom. The lowest BCUT2D eigenvalue weighted by Gasteiger charge is -2.26. The van der Waals surface area contributed by atoms with Gasteiger partial charge in [0, 0.05) is 16.3 Å². The van der Waals surface area contributed by atoms with Crippen LogP contribution in [-0.4, -0.2) is 12.2 Å². The van der Waals surface area contributed by atoms with Crippen molar-refractivity contribution in [2.24, 2.45) is 0 Å². The first-order valence-electron chi connectivity index (χ1n) is 8.08. The Hall–Kier alpha value is -2.44. The Labute approximate surface area is 162 Å². The lowest BCUT2D eigenvalue weighted by molar-refractivity contribution is 0.415. The van der Waals surface area contributed by atoms with Gasteiger partial charge in [0.05, 0.1) is 13.7 Å². The highest BCUT2D eigenvalue weighted by Gasteiger charge is 2.14. The Balaban J connectivity index is 1.85. The van der Waals surface area contributed by atoms with Crippen LogP contribution >= 0.6 is 23.6 Å². The third-order valence-electron chi connectivity index (χ3n) is 3.95. The zero-order chi connectivity index (χ0) is 18.5. The van der Waals surface area contributed by atoms with Crippen molar-refractivity contribution < 1.29 is 9.13 Å². The Bertz CT molecular complexity index is 879. The van der Waals surface area contributed by atoms with Crippen molar-refractivity contribution in [2.45, 2.75) is 13.5 Å². The molecule has 0 bridgehead atoms. The van der Waals surface area contributed by atoms with Crippen LogP contribution in [0.2, 0.25) is 0 Å². The lowest BCUT2D eigenvalue weighted by Crippen LogP contribution is -2.34. The molecule has 3 aromatic rings. The van der Waals surface area contributed by atoms with E-state index in [0.29, 0.717) is 22.9 Å². The van der Waals surface area contributed by atoms with Gasteiger partial charge < -0.3 is 15.0 Å². The number of benzene rings is 2. The maximum Gasteiger partial charge on any atom is 0.178 e. The predicted molar refractivity (Wildman–Crippen MR) is 111 cm³/mol. The Morgan fingerprint density at radius 3 is 2.58 bits per heavy atom. The molecule has 0 aliphatic heterocycles. The largest absolute Gasteiger partial charge is 0.497 e. The fourth-order valence-corrected chi connectivity index (χ4v) is 3.44. The highest BCUT2D eigenvalue weighted by Crippen LogP contribution is 2.24. The molecule has 3 rings (SSSR count). The van der Waals surface area contributed by atoms with Crippen LogP contribution in [0.5, 0.6) is 5.75 Å². The fraction of sp³-hybridized carbons (Fsp3) is 0.150. The first-order chi connectivity index (χ1) is 12.6. The van der Waals surface area contributed by atoms with Crippen molar-refractivity contribution in [1.29, 1.82) is 0 Å². The average molecular weight is 387 g/mol. The summed E-state index contributed by atoms with van der Waals surface area (Å²) in [5, 5.41) is 5.68. The molecule has 0 aliphatic rings. The Morgan fingerprint density at radius 2 is 1.96 bits per heavy atom. The normalized spacial score (nSPS) is 10.4. The van der Waals surface area contributed by atoms with Crippen LogP contribution in [0.25, 0.3) is 0 Å². The number of methoxy groups -OCH3 is 1. The van der Waals surface area contributed by atoms with E-state index in [1.54, 1.807) is 31.4 Å². The predicted octanol–water partition coefficient (Wildman–Crippen LogP) is 5.61. The maximum atomic E-state index is 13.8. The number of rotatable bonds is 5. The second-order valence-electron chi connectivity index (χ2n) is 5.76. The molecular weight excluding hydrogens is 367 g/mol. The topological polar surface area (TPSA) is 24.5 Å². The first kappa shape index (κ1) is 18.4. The molecule has 6 heteroatoms. The number of ether oxygens (including phenoxy) is 1. The zero-order valence-electron chi connectivity index (χ0n) is 14.5. The van der Waals surface area contributed by atoms with Gasteiger partial charge in [0.15, 0.2) is 5.11 Å². The van der Waals surface area contributed by atoms with Crippen LogP contribution in [0.15, 0.2) is 60.0 Å². The minimum absolute atomic E-state index is 0.257. The summed E-state index contributed by atoms with van der Waals surface area (Å²) in [4.78, 5) is 3.17. The molecule has 2 aromatic carbocycles. The lowest BCUT2D eigenvalue weighted by atomic mass is 10.2. The number of hydrogen-bond donors (Lipinski definition) is 1. The van der Waals surface area contributed by atoms with Gasteiger partial charge in [-0.1, -0.05) is 12.1 Å². The maximum absolute atomic E-state index is 13.8. The highest BCUT2D eigenvalue weighted by molar-refractivity contribution is 7.80. The molecule has 26 heavy (non-hydrogen) atoms. The molecule has 134 valence electrons. The Kier molecular flexibility index (Phi) is 5.85. The molecule has 1 heterocycles. The molecule has 0 aliphatic carbocycles. The van der Waals surface area contributed by atoms with Crippen molar-refractivity contribution in [3.8, 4) is 5.75 Å². The molecule has 0 fully saturated rings. The fourth-order valence-electron chi connectivity index (χ4n) is 2.46. The number of hydrogen-bond acceptors (Lipinski definition) is 3. The summed E-state index contributed by atoms with van der Waals surface area (Å²) < 4.78 is 19.1. The van der Waals surface area contributed by atoms with Gasteiger partial charge in [0.1, 0.15) is 11.6 Å². The molecule has 1 aromatic heterocycles. The van der Waals surface area contributed by atoms with E-state index in [0.717, 1.165) is 11.4 Å². The molecule has 0 radical (unpaired) electrons. The molecule has 0 unspecified atom stereocenters. The van der Waals surface area contributed by atoms with E-state index in [1.807, 2.05) is 46.7 Å². The van der Waals surface area contributed by atoms with Gasteiger partial charge in [-0.05, 0) is 72.5 Å². The number of halogens is 1. The number of nitrogens with one attached hydrogen (secondary N) is 1. The van der Waals surface area contributed by atoms with Crippen LogP contribution in [0.4, 0.5) is 15.8 Å². The van der Waals surface area contributed by atoms with Crippen LogP contribution in [0.1, 0.15) is 10.4 Å². The second-order valence-corrected chi connectivity index (χ2v) is 7.18. The third-order valence-corrected chi connectivity index (χ3v) is 5.13. The summed E-state index contributed by atoms with van der Waals surface area (Å²) in [6, 6.07) is 16.8. The van der Waals surface area contributed by atoms with E-state index >= 15 is 0 Å². The number of nitrogens with zero attached hydrogens (tertiary/aromatic N) is 1. The standard InChI is InChI=1S/C20H19FN2OS2/c1-14-5-6-15(12-19(14)21)22-20(25)23(13-18-4-3-11-26-18)16-7-9-17(24-2)10-8-16/h3-12H,13H2,1-2H3,(H,22,25). The average Bonchev–Trinajstić information content (AvgIpc) is 3.16. The highest BCUT2D eigenvalue weighted by atomic mass is 32.1. The third kappa shape index (κ3) is 4.39. The smallest absolute Gasteiger partial charge is 0.178 e. The van der Waals surface area contributed by atoms with Gasteiger partial charge >= 0.3 is 0 Å². The molecule has 0 amide bonds. The van der Waals surface area contributed by atoms with Gasteiger partial charge in [-0.2, -0.15) is 0 Å². The van der Waals surface area contributed by atoms with Crippen LogP contribution in [0.3, 0.4) is 0 Å². The molecule has 0 atom stereocenters. The van der Waals surface area contributed by atoms with Crippen molar-refractivity contribution in [3.05, 3.63) is 76.2 Å². The molecule has 3 nitrogen and oxygen atoms in total. The van der Waals surface area contributed by atoms with E-state index in [4.69, 9.17) is 17.0 Å². The van der Waals surface area contributed by atoms with Crippen LogP contribution in [-0.2, 0) is 6.54 Å². The summed E-state index contributed by atoms with van der Waals surface area (Å²) in [5.41, 5.74) is 2.17. The number of thiocarbonyl (C=S) groups is 1. The minimum atomic E-state index is -0.257. The first-order valence-corrected chi connectivity index (χ1v) is 9.36. The van der Waals surface area contributed by atoms with Crippen LogP contribution < -0.4 is 15.0 Å². The van der Waals surface area contributed by atoms with Gasteiger partial charge in [-0.15, -0.1) is 11.3 Å². The van der Waals surface area contributed by atoms with Gasteiger partial charge in [-0.3, -0.25) is 0 Å². The van der Waals surface area contributed by atoms with E-state index in [9.17, 15) is 4.39 Å². The summed E-state index contributed by atoms with van der Waals surface area (Å²) >= 11 is 7.28. The van der Waals surface area contributed by atoms with E-state index in [-0.39, 0.29) is 5.82 Å². The van der Waals surface area contributed by atoms with E-state index in [2.05, 4.69) is 11.4 Å². The van der Waals surface area contributed by atoms with E-state index < -0.39 is 0 Å². The molecule has 0 spiro atoms. The molecular formula is C20H19FN2OS2. The van der Waals surface area contributed by atoms with Gasteiger partial charge in [0.25, 0.3) is 0 Å². The van der Waals surface area contributed by atoms with Crippen molar-refractivity contribution in [2.75, 3.05) is 17.3 Å². The number of aryl methyl sites for hydroxylation is 1. The molecule has 0 saturated carbocycles. The molecule has 1 N–H and O–H groups in total. The van der Waals surface area contributed by atoms with E-state index in [1.165, 1.54) is 10.9 Å². The summed E-state index contributed by atoms with van der Waals surface area (Å²) in [6.07, 6.45) is 0. The minimum Gasteiger partial charge on any atom is -0.497 e. The zero-order valence-corrected chi connectivity index (χ0v) is 16.2. The van der Waals surface area contributed by atoms with Gasteiger partial charge in [0.2, 0.25) is 0 Å².